The third-order valence-corrected chi connectivity index (χ3v) is 6.02. The number of carbonyl (C=O) groups excluding carboxylic acids is 2. The summed E-state index contributed by atoms with van der Waals surface area (Å²) in [5, 5.41) is 0. The first-order valence-corrected chi connectivity index (χ1v) is 10.0. The number of rotatable bonds is 7. The third kappa shape index (κ3) is 2.98. The maximum atomic E-state index is 13.2. The fourth-order valence-electron chi connectivity index (χ4n) is 4.52. The van der Waals surface area contributed by atoms with Crippen molar-refractivity contribution in [1.29, 1.82) is 0 Å². The van der Waals surface area contributed by atoms with E-state index in [9.17, 15) is 9.59 Å². The minimum absolute atomic E-state index is 0.0402. The Bertz CT molecular complexity index is 756. The quantitative estimate of drug-likeness (QED) is 0.420. The van der Waals surface area contributed by atoms with Gasteiger partial charge >= 0.3 is 5.97 Å². The Balaban J connectivity index is 1.52. The number of hydrogen-bond donors (Lipinski definition) is 0. The van der Waals surface area contributed by atoms with Gasteiger partial charge in [-0.2, -0.15) is 0 Å². The summed E-state index contributed by atoms with van der Waals surface area (Å²) in [6.07, 6.45) is 7.47. The average molecular weight is 369 g/mol. The summed E-state index contributed by atoms with van der Waals surface area (Å²) in [5.41, 5.74) is 1.39. The van der Waals surface area contributed by atoms with Gasteiger partial charge in [-0.1, -0.05) is 51.0 Å². The molecule has 1 amide bonds. The maximum absolute atomic E-state index is 13.2. The number of esters is 1. The molecule has 1 spiro atoms. The zero-order valence-electron chi connectivity index (χ0n) is 16.0. The van der Waals surface area contributed by atoms with Gasteiger partial charge in [0.15, 0.2) is 0 Å². The second-order valence-corrected chi connectivity index (χ2v) is 7.72. The van der Waals surface area contributed by atoms with Crippen molar-refractivity contribution in [1.82, 2.24) is 0 Å². The van der Waals surface area contributed by atoms with E-state index >= 15 is 0 Å². The van der Waals surface area contributed by atoms with Crippen LogP contribution in [0.3, 0.4) is 0 Å². The van der Waals surface area contributed by atoms with Gasteiger partial charge in [-0.25, -0.2) is 0 Å². The minimum atomic E-state index is -0.696. The summed E-state index contributed by atoms with van der Waals surface area (Å²) in [6, 6.07) is 8.04. The molecule has 4 rings (SSSR count). The SMILES string of the molecule is CCCCCOC(=O)[C@@H]1[C@H]2C(=O)N(c3ccc(CC)cc3)C[C@@]23C=C[C@H]1O3. The molecule has 5 heteroatoms. The van der Waals surface area contributed by atoms with Crippen LogP contribution < -0.4 is 4.90 Å². The van der Waals surface area contributed by atoms with Gasteiger partial charge in [-0.15, -0.1) is 0 Å². The molecular formula is C22H27NO4. The lowest BCUT2D eigenvalue weighted by Gasteiger charge is -2.22. The van der Waals surface area contributed by atoms with Crippen LogP contribution in [-0.2, 0) is 25.5 Å². The molecule has 0 saturated carbocycles. The first kappa shape index (κ1) is 18.2. The van der Waals surface area contributed by atoms with Gasteiger partial charge in [-0.05, 0) is 30.5 Å². The van der Waals surface area contributed by atoms with Gasteiger partial charge in [0.05, 0.1) is 25.2 Å². The normalized spacial score (nSPS) is 30.8. The van der Waals surface area contributed by atoms with E-state index in [0.29, 0.717) is 13.2 Å². The highest BCUT2D eigenvalue weighted by atomic mass is 16.6. The van der Waals surface area contributed by atoms with Crippen LogP contribution in [0.15, 0.2) is 36.4 Å². The average Bonchev–Trinajstić information content (AvgIpc) is 3.33. The van der Waals surface area contributed by atoms with E-state index in [0.717, 1.165) is 31.4 Å². The van der Waals surface area contributed by atoms with Crippen LogP contribution in [-0.4, -0.2) is 36.7 Å². The molecule has 1 aromatic carbocycles. The molecule has 3 aliphatic rings. The predicted octanol–water partition coefficient (Wildman–Crippen LogP) is 3.27. The molecule has 0 N–H and O–H groups in total. The van der Waals surface area contributed by atoms with Crippen LogP contribution in [0.5, 0.6) is 0 Å². The maximum Gasteiger partial charge on any atom is 0.312 e. The molecule has 4 atom stereocenters. The summed E-state index contributed by atoms with van der Waals surface area (Å²) in [6.45, 7) is 5.08. The van der Waals surface area contributed by atoms with Crippen LogP contribution in [0, 0.1) is 11.8 Å². The lowest BCUT2D eigenvalue weighted by Crippen LogP contribution is -2.40. The Kier molecular flexibility index (Phi) is 4.81. The summed E-state index contributed by atoms with van der Waals surface area (Å²) in [5.74, 6) is -1.37. The molecule has 5 nitrogen and oxygen atoms in total. The Morgan fingerprint density at radius 1 is 1.26 bits per heavy atom. The van der Waals surface area contributed by atoms with E-state index in [1.165, 1.54) is 5.56 Å². The Morgan fingerprint density at radius 3 is 2.74 bits per heavy atom. The molecule has 1 aromatic rings. The number of fused-ring (bicyclic) bond motifs is 1. The van der Waals surface area contributed by atoms with Gasteiger partial charge in [0, 0.05) is 5.69 Å². The van der Waals surface area contributed by atoms with Crippen molar-refractivity contribution >= 4 is 17.6 Å². The van der Waals surface area contributed by atoms with Crippen molar-refractivity contribution in [2.24, 2.45) is 11.8 Å². The third-order valence-electron chi connectivity index (χ3n) is 6.02. The number of anilines is 1. The van der Waals surface area contributed by atoms with E-state index in [2.05, 4.69) is 13.8 Å². The highest BCUT2D eigenvalue weighted by molar-refractivity contribution is 6.02. The molecule has 27 heavy (non-hydrogen) atoms. The van der Waals surface area contributed by atoms with Crippen LogP contribution in [0.25, 0.3) is 0 Å². The number of amides is 1. The van der Waals surface area contributed by atoms with Gasteiger partial charge in [0.2, 0.25) is 5.91 Å². The van der Waals surface area contributed by atoms with Crippen molar-refractivity contribution in [2.45, 2.75) is 51.2 Å². The molecule has 2 saturated heterocycles. The van der Waals surface area contributed by atoms with E-state index in [4.69, 9.17) is 9.47 Å². The zero-order chi connectivity index (χ0) is 19.0. The summed E-state index contributed by atoms with van der Waals surface area (Å²) >= 11 is 0. The molecule has 2 fully saturated rings. The molecule has 0 aliphatic carbocycles. The Hall–Kier alpha value is -2.14. The van der Waals surface area contributed by atoms with Crippen molar-refractivity contribution in [2.75, 3.05) is 18.1 Å². The Labute approximate surface area is 160 Å². The van der Waals surface area contributed by atoms with Crippen LogP contribution in [0.4, 0.5) is 5.69 Å². The van der Waals surface area contributed by atoms with Crippen molar-refractivity contribution in [3.63, 3.8) is 0 Å². The number of ether oxygens (including phenoxy) is 2. The summed E-state index contributed by atoms with van der Waals surface area (Å²) in [4.78, 5) is 27.7. The van der Waals surface area contributed by atoms with Gasteiger partial charge in [-0.3, -0.25) is 9.59 Å². The van der Waals surface area contributed by atoms with Crippen molar-refractivity contribution in [3.05, 3.63) is 42.0 Å². The number of carbonyl (C=O) groups is 2. The number of nitrogens with zero attached hydrogens (tertiary/aromatic N) is 1. The molecule has 0 radical (unpaired) electrons. The second-order valence-electron chi connectivity index (χ2n) is 7.72. The predicted molar refractivity (Wildman–Crippen MR) is 102 cm³/mol. The molecule has 2 bridgehead atoms. The van der Waals surface area contributed by atoms with E-state index in [1.807, 2.05) is 36.4 Å². The minimum Gasteiger partial charge on any atom is -0.465 e. The fourth-order valence-corrected chi connectivity index (χ4v) is 4.52. The van der Waals surface area contributed by atoms with Crippen LogP contribution in [0.2, 0.25) is 0 Å². The monoisotopic (exact) mass is 369 g/mol. The van der Waals surface area contributed by atoms with Crippen LogP contribution >= 0.6 is 0 Å². The molecular weight excluding hydrogens is 342 g/mol. The van der Waals surface area contributed by atoms with Crippen molar-refractivity contribution < 1.29 is 19.1 Å². The standard InChI is InChI=1S/C22H27NO4/c1-3-5-6-13-26-21(25)18-17-11-12-22(27-17)14-23(20(24)19(18)22)16-9-7-15(4-2)8-10-16/h7-12,17-19H,3-6,13-14H2,1-2H3/t17-,18+,19+,22+/m1/s1. The lowest BCUT2D eigenvalue weighted by molar-refractivity contribution is -0.152. The molecule has 144 valence electrons. The van der Waals surface area contributed by atoms with Crippen LogP contribution in [0.1, 0.15) is 38.7 Å². The largest absolute Gasteiger partial charge is 0.465 e. The molecule has 0 unspecified atom stereocenters. The van der Waals surface area contributed by atoms with Gasteiger partial charge < -0.3 is 14.4 Å². The molecule has 0 aromatic heterocycles. The summed E-state index contributed by atoms with van der Waals surface area (Å²) < 4.78 is 11.6. The summed E-state index contributed by atoms with van der Waals surface area (Å²) in [7, 11) is 0. The van der Waals surface area contributed by atoms with E-state index < -0.39 is 17.4 Å². The first-order valence-electron chi connectivity index (χ1n) is 10.0. The lowest BCUT2D eigenvalue weighted by atomic mass is 9.77. The smallest absolute Gasteiger partial charge is 0.312 e. The zero-order valence-corrected chi connectivity index (χ0v) is 16.0. The topological polar surface area (TPSA) is 55.8 Å². The highest BCUT2D eigenvalue weighted by Gasteiger charge is 2.67. The molecule has 3 heterocycles. The number of hydrogen-bond acceptors (Lipinski definition) is 4. The van der Waals surface area contributed by atoms with Crippen molar-refractivity contribution in [3.8, 4) is 0 Å². The second kappa shape index (κ2) is 7.12. The highest BCUT2D eigenvalue weighted by Crippen LogP contribution is 2.52. The molecule has 3 aliphatic heterocycles. The first-order chi connectivity index (χ1) is 13.1. The van der Waals surface area contributed by atoms with E-state index in [1.54, 1.807) is 4.90 Å². The van der Waals surface area contributed by atoms with Gasteiger partial charge in [0.1, 0.15) is 11.5 Å². The Morgan fingerprint density at radius 2 is 2.04 bits per heavy atom. The van der Waals surface area contributed by atoms with Gasteiger partial charge in [0.25, 0.3) is 0 Å². The fraction of sp³-hybridized carbons (Fsp3) is 0.545. The number of benzene rings is 1. The van der Waals surface area contributed by atoms with E-state index in [-0.39, 0.29) is 18.0 Å². The number of unbranched alkanes of at least 4 members (excludes halogenated alkanes) is 2. The number of aryl methyl sites for hydroxylation is 1.